The van der Waals surface area contributed by atoms with E-state index in [4.69, 9.17) is 5.11 Å². The Kier molecular flexibility index (Phi) is 4.88. The van der Waals surface area contributed by atoms with Gasteiger partial charge in [-0.15, -0.1) is 0 Å². The van der Waals surface area contributed by atoms with E-state index in [-0.39, 0.29) is 12.5 Å². The molecule has 0 aliphatic carbocycles. The van der Waals surface area contributed by atoms with Crippen molar-refractivity contribution in [2.24, 2.45) is 0 Å². The summed E-state index contributed by atoms with van der Waals surface area (Å²) in [7, 11) is 1.58. The Morgan fingerprint density at radius 2 is 2.30 bits per heavy atom. The molecule has 3 N–H and O–H groups in total. The van der Waals surface area contributed by atoms with E-state index >= 15 is 0 Å². The summed E-state index contributed by atoms with van der Waals surface area (Å²) in [5.41, 5.74) is 0. The quantitative estimate of drug-likeness (QED) is 0.462. The minimum absolute atomic E-state index is 0.0688. The van der Waals surface area contributed by atoms with Crippen molar-refractivity contribution in [2.75, 3.05) is 20.1 Å². The lowest BCUT2D eigenvalue weighted by Crippen LogP contribution is -2.34. The average molecular weight is 146 g/mol. The van der Waals surface area contributed by atoms with Gasteiger partial charge in [-0.25, -0.2) is 0 Å². The number of rotatable bonds is 4. The van der Waals surface area contributed by atoms with Crippen molar-refractivity contribution >= 4 is 5.91 Å². The predicted octanol–water partition coefficient (Wildman–Crippen LogP) is -1.30. The van der Waals surface area contributed by atoms with Crippen molar-refractivity contribution in [3.8, 4) is 0 Å². The van der Waals surface area contributed by atoms with Crippen LogP contribution in [0, 0.1) is 0 Å². The highest BCUT2D eigenvalue weighted by Gasteiger charge is 1.97. The molecule has 1 atom stereocenters. The van der Waals surface area contributed by atoms with Gasteiger partial charge in [-0.3, -0.25) is 4.79 Å². The number of hydrogen-bond donors (Lipinski definition) is 3. The highest BCUT2D eigenvalue weighted by molar-refractivity contribution is 5.77. The van der Waals surface area contributed by atoms with E-state index < -0.39 is 6.10 Å². The Hall–Kier alpha value is -0.610. The highest BCUT2D eigenvalue weighted by atomic mass is 16.3. The molecule has 0 saturated carbocycles. The molecule has 0 spiro atoms. The Labute approximate surface area is 60.6 Å². The van der Waals surface area contributed by atoms with E-state index in [9.17, 15) is 4.79 Å². The molecule has 0 unspecified atom stereocenters. The Morgan fingerprint density at radius 3 is 2.70 bits per heavy atom. The standard InChI is InChI=1S/C6H14N2O2/c1-5(9)3-8-4-6(10)7-2/h5,8-9H,3-4H2,1-2H3,(H,7,10)/t5-/m0/s1. The van der Waals surface area contributed by atoms with Gasteiger partial charge in [0.05, 0.1) is 12.6 Å². The number of aliphatic hydroxyl groups is 1. The van der Waals surface area contributed by atoms with Crippen LogP contribution in [-0.4, -0.2) is 37.3 Å². The van der Waals surface area contributed by atoms with Crippen LogP contribution in [0.3, 0.4) is 0 Å². The van der Waals surface area contributed by atoms with Crippen molar-refractivity contribution in [1.82, 2.24) is 10.6 Å². The monoisotopic (exact) mass is 146 g/mol. The molecule has 0 fully saturated rings. The number of carbonyl (C=O) groups excluding carboxylic acids is 1. The maximum atomic E-state index is 10.5. The lowest BCUT2D eigenvalue weighted by Gasteiger charge is -2.04. The van der Waals surface area contributed by atoms with E-state index in [2.05, 4.69) is 10.6 Å². The van der Waals surface area contributed by atoms with E-state index in [1.165, 1.54) is 0 Å². The Balaban J connectivity index is 3.12. The molecule has 4 heteroatoms. The van der Waals surface area contributed by atoms with Crippen molar-refractivity contribution in [1.29, 1.82) is 0 Å². The fraction of sp³-hybridized carbons (Fsp3) is 0.833. The maximum Gasteiger partial charge on any atom is 0.233 e. The topological polar surface area (TPSA) is 61.4 Å². The maximum absolute atomic E-state index is 10.5. The second kappa shape index (κ2) is 5.20. The zero-order valence-corrected chi connectivity index (χ0v) is 6.35. The largest absolute Gasteiger partial charge is 0.392 e. The van der Waals surface area contributed by atoms with E-state index in [1.54, 1.807) is 14.0 Å². The first-order valence-electron chi connectivity index (χ1n) is 3.26. The number of carbonyl (C=O) groups is 1. The number of nitrogens with one attached hydrogen (secondary N) is 2. The van der Waals surface area contributed by atoms with Crippen LogP contribution >= 0.6 is 0 Å². The van der Waals surface area contributed by atoms with Gasteiger partial charge in [0.15, 0.2) is 0 Å². The van der Waals surface area contributed by atoms with Crippen LogP contribution in [0.4, 0.5) is 0 Å². The molecule has 0 aromatic heterocycles. The summed E-state index contributed by atoms with van der Waals surface area (Å²) in [6, 6.07) is 0. The molecule has 1 amide bonds. The smallest absolute Gasteiger partial charge is 0.233 e. The van der Waals surface area contributed by atoms with Gasteiger partial charge < -0.3 is 15.7 Å². The fourth-order valence-corrected chi connectivity index (χ4v) is 0.483. The van der Waals surface area contributed by atoms with E-state index in [1.807, 2.05) is 0 Å². The molecule has 0 radical (unpaired) electrons. The highest BCUT2D eigenvalue weighted by Crippen LogP contribution is 1.72. The summed E-state index contributed by atoms with van der Waals surface area (Å²) >= 11 is 0. The molecular formula is C6H14N2O2. The van der Waals surface area contributed by atoms with Crippen molar-refractivity contribution in [3.05, 3.63) is 0 Å². The summed E-state index contributed by atoms with van der Waals surface area (Å²) in [6.07, 6.45) is -0.398. The first kappa shape index (κ1) is 9.39. The van der Waals surface area contributed by atoms with Gasteiger partial charge in [0.25, 0.3) is 0 Å². The van der Waals surface area contributed by atoms with Crippen LogP contribution in [0.15, 0.2) is 0 Å². The van der Waals surface area contributed by atoms with E-state index in [0.717, 1.165) is 0 Å². The summed E-state index contributed by atoms with van der Waals surface area (Å²) in [4.78, 5) is 10.5. The number of amides is 1. The van der Waals surface area contributed by atoms with Crippen LogP contribution in [-0.2, 0) is 4.79 Å². The van der Waals surface area contributed by atoms with Gasteiger partial charge in [0, 0.05) is 13.6 Å². The lowest BCUT2D eigenvalue weighted by molar-refractivity contribution is -0.119. The fourth-order valence-electron chi connectivity index (χ4n) is 0.483. The zero-order valence-electron chi connectivity index (χ0n) is 6.35. The van der Waals surface area contributed by atoms with Gasteiger partial charge in [0.2, 0.25) is 5.91 Å². The van der Waals surface area contributed by atoms with Crippen molar-refractivity contribution in [2.45, 2.75) is 13.0 Å². The number of aliphatic hydroxyl groups excluding tert-OH is 1. The van der Waals surface area contributed by atoms with Crippen molar-refractivity contribution in [3.63, 3.8) is 0 Å². The van der Waals surface area contributed by atoms with Crippen LogP contribution in [0.2, 0.25) is 0 Å². The molecule has 0 aromatic carbocycles. The summed E-state index contributed by atoms with van der Waals surface area (Å²) in [5, 5.41) is 14.0. The molecule has 0 heterocycles. The van der Waals surface area contributed by atoms with Gasteiger partial charge >= 0.3 is 0 Å². The number of likely N-dealkylation sites (N-methyl/N-ethyl adjacent to an activating group) is 1. The molecule has 0 aromatic rings. The zero-order chi connectivity index (χ0) is 7.98. The molecule has 60 valence electrons. The van der Waals surface area contributed by atoms with Gasteiger partial charge in [0.1, 0.15) is 0 Å². The lowest BCUT2D eigenvalue weighted by atomic mass is 10.4. The SMILES string of the molecule is CNC(=O)CNC[C@H](C)O. The molecule has 10 heavy (non-hydrogen) atoms. The Morgan fingerprint density at radius 1 is 1.70 bits per heavy atom. The molecular weight excluding hydrogens is 132 g/mol. The third-order valence-corrected chi connectivity index (χ3v) is 1.00. The van der Waals surface area contributed by atoms with Crippen molar-refractivity contribution < 1.29 is 9.90 Å². The molecule has 4 nitrogen and oxygen atoms in total. The summed E-state index contributed by atoms with van der Waals surface area (Å²) in [6.45, 7) is 2.38. The normalized spacial score (nSPS) is 12.7. The third-order valence-electron chi connectivity index (χ3n) is 1.00. The van der Waals surface area contributed by atoms with Gasteiger partial charge in [-0.1, -0.05) is 0 Å². The summed E-state index contributed by atoms with van der Waals surface area (Å²) in [5.74, 6) is -0.0688. The molecule has 0 aliphatic rings. The average Bonchev–Trinajstić information content (AvgIpc) is 1.87. The van der Waals surface area contributed by atoms with Crippen LogP contribution in [0.1, 0.15) is 6.92 Å². The van der Waals surface area contributed by atoms with Gasteiger partial charge in [-0.2, -0.15) is 0 Å². The third kappa shape index (κ3) is 5.53. The number of hydrogen-bond acceptors (Lipinski definition) is 3. The molecule has 0 saturated heterocycles. The van der Waals surface area contributed by atoms with E-state index in [0.29, 0.717) is 6.54 Å². The van der Waals surface area contributed by atoms with Gasteiger partial charge in [-0.05, 0) is 6.92 Å². The first-order valence-corrected chi connectivity index (χ1v) is 3.26. The molecule has 0 aliphatic heterocycles. The van der Waals surface area contributed by atoms with Crippen LogP contribution in [0.25, 0.3) is 0 Å². The molecule has 0 bridgehead atoms. The Bertz CT molecular complexity index is 104. The minimum Gasteiger partial charge on any atom is -0.392 e. The minimum atomic E-state index is -0.398. The first-order chi connectivity index (χ1) is 4.66. The van der Waals surface area contributed by atoms with Crippen LogP contribution in [0.5, 0.6) is 0 Å². The second-order valence-electron chi connectivity index (χ2n) is 2.15. The van der Waals surface area contributed by atoms with Crippen LogP contribution < -0.4 is 10.6 Å². The predicted molar refractivity (Wildman–Crippen MR) is 38.6 cm³/mol. The second-order valence-corrected chi connectivity index (χ2v) is 2.15. The molecule has 0 rings (SSSR count). The summed E-state index contributed by atoms with van der Waals surface area (Å²) < 4.78 is 0.